The molecule has 0 radical (unpaired) electrons. The standard InChI is InChI=1S/C23H26N6O2/c1-30-12-13-31-18-5-3-17(4-6-18)27-23-26-15-22-19(8-11-29(22)28-23)16-2-7-20-21(14-16)25-10-9-24-20/h2,7-11,14-15,17-18H,3-6,12-13H2,1H3,(H,27,28)/t17-,18+. The monoisotopic (exact) mass is 418 g/mol. The van der Waals surface area contributed by atoms with Gasteiger partial charge in [-0.05, 0) is 49.4 Å². The number of benzene rings is 1. The van der Waals surface area contributed by atoms with Gasteiger partial charge < -0.3 is 14.8 Å². The van der Waals surface area contributed by atoms with Crippen LogP contribution in [0.2, 0.25) is 0 Å². The third-order valence-electron chi connectivity index (χ3n) is 5.85. The van der Waals surface area contributed by atoms with Crippen molar-refractivity contribution in [1.29, 1.82) is 0 Å². The summed E-state index contributed by atoms with van der Waals surface area (Å²) in [6.45, 7) is 1.32. The number of aromatic nitrogens is 5. The van der Waals surface area contributed by atoms with Crippen molar-refractivity contribution in [2.24, 2.45) is 0 Å². The Labute approximate surface area is 180 Å². The fourth-order valence-corrected chi connectivity index (χ4v) is 4.20. The molecule has 0 atom stereocenters. The molecule has 0 spiro atoms. The number of fused-ring (bicyclic) bond motifs is 2. The molecule has 160 valence electrons. The highest BCUT2D eigenvalue weighted by atomic mass is 16.5. The number of hydrogen-bond acceptors (Lipinski definition) is 7. The van der Waals surface area contributed by atoms with Crippen molar-refractivity contribution in [1.82, 2.24) is 24.6 Å². The van der Waals surface area contributed by atoms with Crippen molar-refractivity contribution in [2.45, 2.75) is 37.8 Å². The minimum Gasteiger partial charge on any atom is -0.382 e. The van der Waals surface area contributed by atoms with Crippen LogP contribution in [0.3, 0.4) is 0 Å². The van der Waals surface area contributed by atoms with Gasteiger partial charge in [-0.3, -0.25) is 9.97 Å². The van der Waals surface area contributed by atoms with Crippen LogP contribution in [-0.2, 0) is 9.47 Å². The lowest BCUT2D eigenvalue weighted by molar-refractivity contribution is -0.00158. The second-order valence-corrected chi connectivity index (χ2v) is 7.88. The van der Waals surface area contributed by atoms with Gasteiger partial charge in [-0.15, -0.1) is 5.10 Å². The number of rotatable bonds is 7. The van der Waals surface area contributed by atoms with Crippen LogP contribution in [-0.4, -0.2) is 57.0 Å². The lowest BCUT2D eigenvalue weighted by Gasteiger charge is -2.29. The molecule has 3 heterocycles. The summed E-state index contributed by atoms with van der Waals surface area (Å²) in [4.78, 5) is 13.3. The quantitative estimate of drug-likeness (QED) is 0.458. The Morgan fingerprint density at radius 2 is 1.84 bits per heavy atom. The molecular weight excluding hydrogens is 392 g/mol. The molecule has 0 aliphatic heterocycles. The zero-order valence-corrected chi connectivity index (χ0v) is 17.6. The molecule has 1 saturated carbocycles. The SMILES string of the molecule is COCCO[C@H]1CC[C@@H](Nc2ncc3c(-c4ccc5nccnc5c4)ccn3n2)CC1. The van der Waals surface area contributed by atoms with Crippen LogP contribution in [0.25, 0.3) is 27.7 Å². The summed E-state index contributed by atoms with van der Waals surface area (Å²) in [6.07, 6.45) is 11.8. The molecule has 8 nitrogen and oxygen atoms in total. The first kappa shape index (κ1) is 19.8. The summed E-state index contributed by atoms with van der Waals surface area (Å²) in [5.74, 6) is 0.655. The molecular formula is C23H26N6O2. The number of methoxy groups -OCH3 is 1. The molecule has 0 bridgehead atoms. The smallest absolute Gasteiger partial charge is 0.241 e. The zero-order chi connectivity index (χ0) is 21.0. The first-order chi connectivity index (χ1) is 15.3. The average molecular weight is 419 g/mol. The van der Waals surface area contributed by atoms with Crippen LogP contribution in [0.4, 0.5) is 5.95 Å². The number of nitrogens with one attached hydrogen (secondary N) is 1. The topological polar surface area (TPSA) is 86.5 Å². The van der Waals surface area contributed by atoms with E-state index in [1.54, 1.807) is 19.5 Å². The molecule has 0 unspecified atom stereocenters. The number of hydrogen-bond donors (Lipinski definition) is 1. The normalized spacial score (nSPS) is 19.1. The minimum atomic E-state index is 0.329. The predicted molar refractivity (Wildman–Crippen MR) is 119 cm³/mol. The van der Waals surface area contributed by atoms with Crippen molar-refractivity contribution in [2.75, 3.05) is 25.6 Å². The minimum absolute atomic E-state index is 0.329. The summed E-state index contributed by atoms with van der Waals surface area (Å²) in [5.41, 5.74) is 4.88. The molecule has 0 amide bonds. The highest BCUT2D eigenvalue weighted by Gasteiger charge is 2.22. The van der Waals surface area contributed by atoms with E-state index in [4.69, 9.17) is 9.47 Å². The van der Waals surface area contributed by atoms with E-state index in [1.165, 1.54) is 0 Å². The van der Waals surface area contributed by atoms with E-state index >= 15 is 0 Å². The van der Waals surface area contributed by atoms with Crippen molar-refractivity contribution >= 4 is 22.5 Å². The van der Waals surface area contributed by atoms with Gasteiger partial charge >= 0.3 is 0 Å². The van der Waals surface area contributed by atoms with Gasteiger partial charge in [0.25, 0.3) is 0 Å². The fourth-order valence-electron chi connectivity index (χ4n) is 4.20. The fraction of sp³-hybridized carbons (Fsp3) is 0.391. The summed E-state index contributed by atoms with van der Waals surface area (Å²) in [7, 11) is 1.70. The van der Waals surface area contributed by atoms with E-state index in [0.717, 1.165) is 53.4 Å². The van der Waals surface area contributed by atoms with Crippen molar-refractivity contribution < 1.29 is 9.47 Å². The molecule has 0 saturated heterocycles. The van der Waals surface area contributed by atoms with Gasteiger partial charge in [-0.2, -0.15) is 0 Å². The Balaban J connectivity index is 1.27. The number of anilines is 1. The zero-order valence-electron chi connectivity index (χ0n) is 17.6. The van der Waals surface area contributed by atoms with Gasteiger partial charge in [0.05, 0.1) is 42.1 Å². The molecule has 8 heteroatoms. The molecule has 1 aromatic carbocycles. The van der Waals surface area contributed by atoms with Gasteiger partial charge in [0, 0.05) is 37.3 Å². The largest absolute Gasteiger partial charge is 0.382 e. The van der Waals surface area contributed by atoms with Crippen LogP contribution in [0, 0.1) is 0 Å². The van der Waals surface area contributed by atoms with Gasteiger partial charge in [0.15, 0.2) is 0 Å². The summed E-state index contributed by atoms with van der Waals surface area (Å²) in [6, 6.07) is 8.54. The highest BCUT2D eigenvalue weighted by Crippen LogP contribution is 2.28. The Morgan fingerprint density at radius 1 is 1.00 bits per heavy atom. The van der Waals surface area contributed by atoms with Gasteiger partial charge in [0.1, 0.15) is 0 Å². The summed E-state index contributed by atoms with van der Waals surface area (Å²) < 4.78 is 12.8. The predicted octanol–water partition coefficient (Wildman–Crippen LogP) is 3.73. The molecule has 1 aliphatic rings. The van der Waals surface area contributed by atoms with Crippen LogP contribution in [0.15, 0.2) is 49.1 Å². The average Bonchev–Trinajstić information content (AvgIpc) is 3.23. The van der Waals surface area contributed by atoms with Gasteiger partial charge in [-0.25, -0.2) is 9.50 Å². The van der Waals surface area contributed by atoms with E-state index in [1.807, 2.05) is 23.0 Å². The number of ether oxygens (including phenoxy) is 2. The third-order valence-corrected chi connectivity index (χ3v) is 5.85. The van der Waals surface area contributed by atoms with Gasteiger partial charge in [0.2, 0.25) is 5.95 Å². The Morgan fingerprint density at radius 3 is 2.68 bits per heavy atom. The lowest BCUT2D eigenvalue weighted by atomic mass is 9.93. The van der Waals surface area contributed by atoms with Crippen molar-refractivity contribution in [3.05, 3.63) is 49.1 Å². The molecule has 1 fully saturated rings. The van der Waals surface area contributed by atoms with Crippen LogP contribution >= 0.6 is 0 Å². The van der Waals surface area contributed by atoms with Crippen LogP contribution in [0.5, 0.6) is 0 Å². The molecule has 1 N–H and O–H groups in total. The van der Waals surface area contributed by atoms with Crippen molar-refractivity contribution in [3.8, 4) is 11.1 Å². The number of nitrogens with zero attached hydrogens (tertiary/aromatic N) is 5. The van der Waals surface area contributed by atoms with E-state index in [9.17, 15) is 0 Å². The second-order valence-electron chi connectivity index (χ2n) is 7.88. The molecule has 1 aliphatic carbocycles. The lowest BCUT2D eigenvalue weighted by Crippen LogP contribution is -2.31. The Hall–Kier alpha value is -3.10. The Bertz CT molecular complexity index is 1170. The highest BCUT2D eigenvalue weighted by molar-refractivity contribution is 5.86. The maximum absolute atomic E-state index is 5.85. The van der Waals surface area contributed by atoms with E-state index in [2.05, 4.69) is 43.6 Å². The van der Waals surface area contributed by atoms with E-state index < -0.39 is 0 Å². The van der Waals surface area contributed by atoms with Crippen LogP contribution in [0.1, 0.15) is 25.7 Å². The first-order valence-electron chi connectivity index (χ1n) is 10.7. The molecule has 3 aromatic heterocycles. The summed E-state index contributed by atoms with van der Waals surface area (Å²) in [5, 5.41) is 8.17. The molecule has 4 aromatic rings. The van der Waals surface area contributed by atoms with Gasteiger partial charge in [-0.1, -0.05) is 6.07 Å². The molecule has 5 rings (SSSR count). The first-order valence-corrected chi connectivity index (χ1v) is 10.7. The maximum Gasteiger partial charge on any atom is 0.241 e. The van der Waals surface area contributed by atoms with Crippen LogP contribution < -0.4 is 5.32 Å². The summed E-state index contributed by atoms with van der Waals surface area (Å²) >= 11 is 0. The third kappa shape index (κ3) is 4.35. The maximum atomic E-state index is 5.85. The molecule has 31 heavy (non-hydrogen) atoms. The van der Waals surface area contributed by atoms with E-state index in [0.29, 0.717) is 31.3 Å². The second kappa shape index (κ2) is 8.95. The Kier molecular flexibility index (Phi) is 5.73. The van der Waals surface area contributed by atoms with Crippen molar-refractivity contribution in [3.63, 3.8) is 0 Å². The van der Waals surface area contributed by atoms with E-state index in [-0.39, 0.29) is 0 Å².